The Morgan fingerprint density at radius 2 is 2.00 bits per heavy atom. The molecule has 0 saturated heterocycles. The van der Waals surface area contributed by atoms with Gasteiger partial charge in [0.15, 0.2) is 0 Å². The maximum atomic E-state index is 12.6. The quantitative estimate of drug-likeness (QED) is 0.737. The minimum atomic E-state index is -0.368. The molecule has 0 saturated carbocycles. The molecule has 0 fully saturated rings. The molecule has 1 aromatic rings. The molecule has 1 atom stereocenters. The monoisotopic (exact) mass is 208 g/mol. The van der Waals surface area contributed by atoms with Crippen molar-refractivity contribution in [3.05, 3.63) is 47.8 Å². The van der Waals surface area contributed by atoms with Gasteiger partial charge in [-0.2, -0.15) is 0 Å². The van der Waals surface area contributed by atoms with Gasteiger partial charge in [-0.3, -0.25) is 0 Å². The van der Waals surface area contributed by atoms with Crippen LogP contribution in [0.15, 0.2) is 36.4 Å². The summed E-state index contributed by atoms with van der Waals surface area (Å²) in [5.41, 5.74) is 2.04. The first-order chi connectivity index (χ1) is 7.08. The third-order valence-electron chi connectivity index (χ3n) is 2.29. The average Bonchev–Trinajstić information content (AvgIpc) is 2.19. The fourth-order valence-electron chi connectivity index (χ4n) is 1.41. The maximum Gasteiger partial charge on any atom is 0.123 e. The van der Waals surface area contributed by atoms with Gasteiger partial charge in [-0.25, -0.2) is 4.39 Å². The summed E-state index contributed by atoms with van der Waals surface area (Å²) in [6.45, 7) is 5.73. The Hall–Kier alpha value is -1.15. The summed E-state index contributed by atoms with van der Waals surface area (Å²) in [5, 5.41) is 9.69. The molecular formula is C13H17FO. The lowest BCUT2D eigenvalue weighted by Gasteiger charge is -2.10. The zero-order valence-electron chi connectivity index (χ0n) is 9.04. The summed E-state index contributed by atoms with van der Waals surface area (Å²) in [6.07, 6.45) is 1.76. The Labute approximate surface area is 90.3 Å². The van der Waals surface area contributed by atoms with Gasteiger partial charge in [0.25, 0.3) is 0 Å². The van der Waals surface area contributed by atoms with Crippen molar-refractivity contribution in [1.29, 1.82) is 0 Å². The average molecular weight is 208 g/mol. The smallest absolute Gasteiger partial charge is 0.123 e. The molecule has 0 bridgehead atoms. The molecule has 15 heavy (non-hydrogen) atoms. The fourth-order valence-corrected chi connectivity index (χ4v) is 1.41. The van der Waals surface area contributed by atoms with Crippen molar-refractivity contribution in [3.63, 3.8) is 0 Å². The predicted molar refractivity (Wildman–Crippen MR) is 60.2 cm³/mol. The van der Waals surface area contributed by atoms with Gasteiger partial charge in [-0.1, -0.05) is 17.7 Å². The molecule has 0 heterocycles. The zero-order chi connectivity index (χ0) is 11.3. The van der Waals surface area contributed by atoms with Crippen molar-refractivity contribution in [1.82, 2.24) is 0 Å². The molecule has 0 radical (unpaired) electrons. The van der Waals surface area contributed by atoms with Crippen LogP contribution < -0.4 is 0 Å². The SMILES string of the molecule is C=C(C)CCC(O)Cc1ccc(F)cc1. The van der Waals surface area contributed by atoms with E-state index in [9.17, 15) is 9.50 Å². The van der Waals surface area contributed by atoms with Crippen LogP contribution in [0.5, 0.6) is 0 Å². The first kappa shape index (κ1) is 11.9. The molecule has 0 aromatic heterocycles. The third kappa shape index (κ3) is 4.75. The van der Waals surface area contributed by atoms with E-state index in [4.69, 9.17) is 0 Å². The van der Waals surface area contributed by atoms with E-state index in [0.717, 1.165) is 17.6 Å². The topological polar surface area (TPSA) is 20.2 Å². The first-order valence-electron chi connectivity index (χ1n) is 5.15. The van der Waals surface area contributed by atoms with E-state index in [1.807, 2.05) is 6.92 Å². The third-order valence-corrected chi connectivity index (χ3v) is 2.29. The second-order valence-corrected chi connectivity index (χ2v) is 3.98. The fraction of sp³-hybridized carbons (Fsp3) is 0.385. The highest BCUT2D eigenvalue weighted by atomic mass is 19.1. The van der Waals surface area contributed by atoms with Crippen LogP contribution in [0.4, 0.5) is 4.39 Å². The Morgan fingerprint density at radius 3 is 2.53 bits per heavy atom. The van der Waals surface area contributed by atoms with Crippen LogP contribution in [0, 0.1) is 5.82 Å². The van der Waals surface area contributed by atoms with Crippen molar-refractivity contribution >= 4 is 0 Å². The lowest BCUT2D eigenvalue weighted by molar-refractivity contribution is 0.165. The molecule has 2 heteroatoms. The van der Waals surface area contributed by atoms with Crippen molar-refractivity contribution in [3.8, 4) is 0 Å². The van der Waals surface area contributed by atoms with E-state index in [-0.39, 0.29) is 11.9 Å². The number of hydrogen-bond acceptors (Lipinski definition) is 1. The summed E-state index contributed by atoms with van der Waals surface area (Å²) >= 11 is 0. The Kier molecular flexibility index (Phi) is 4.50. The van der Waals surface area contributed by atoms with E-state index < -0.39 is 0 Å². The Balaban J connectivity index is 2.40. The van der Waals surface area contributed by atoms with Gasteiger partial charge in [-0.15, -0.1) is 6.58 Å². The van der Waals surface area contributed by atoms with E-state index in [1.165, 1.54) is 12.1 Å². The minimum absolute atomic E-state index is 0.241. The summed E-state index contributed by atoms with van der Waals surface area (Å²) in [7, 11) is 0. The summed E-state index contributed by atoms with van der Waals surface area (Å²) in [5.74, 6) is -0.241. The molecular weight excluding hydrogens is 191 g/mol. The zero-order valence-corrected chi connectivity index (χ0v) is 9.04. The van der Waals surface area contributed by atoms with Gasteiger partial charge < -0.3 is 5.11 Å². The highest BCUT2D eigenvalue weighted by molar-refractivity contribution is 5.16. The molecule has 0 spiro atoms. The van der Waals surface area contributed by atoms with Crippen LogP contribution in [0.1, 0.15) is 25.3 Å². The van der Waals surface area contributed by atoms with Crippen molar-refractivity contribution in [2.45, 2.75) is 32.3 Å². The van der Waals surface area contributed by atoms with Gasteiger partial charge in [-0.05, 0) is 43.9 Å². The van der Waals surface area contributed by atoms with E-state index >= 15 is 0 Å². The maximum absolute atomic E-state index is 12.6. The summed E-state index contributed by atoms with van der Waals surface area (Å²) in [6, 6.07) is 6.25. The number of aliphatic hydroxyl groups is 1. The number of halogens is 1. The highest BCUT2D eigenvalue weighted by Gasteiger charge is 2.05. The number of benzene rings is 1. The van der Waals surface area contributed by atoms with Gasteiger partial charge in [0.05, 0.1) is 6.10 Å². The van der Waals surface area contributed by atoms with E-state index in [0.29, 0.717) is 12.8 Å². The standard InChI is InChI=1S/C13H17FO/c1-10(2)3-8-13(15)9-11-4-6-12(14)7-5-11/h4-7,13,15H,1,3,8-9H2,2H3. The van der Waals surface area contributed by atoms with Crippen LogP contribution in [-0.2, 0) is 6.42 Å². The molecule has 0 amide bonds. The second kappa shape index (κ2) is 5.66. The van der Waals surface area contributed by atoms with Crippen molar-refractivity contribution in [2.24, 2.45) is 0 Å². The summed E-state index contributed by atoms with van der Waals surface area (Å²) in [4.78, 5) is 0. The van der Waals surface area contributed by atoms with Crippen LogP contribution >= 0.6 is 0 Å². The number of hydrogen-bond donors (Lipinski definition) is 1. The van der Waals surface area contributed by atoms with Gasteiger partial charge in [0.1, 0.15) is 5.82 Å². The van der Waals surface area contributed by atoms with Crippen molar-refractivity contribution in [2.75, 3.05) is 0 Å². The second-order valence-electron chi connectivity index (χ2n) is 3.98. The Morgan fingerprint density at radius 1 is 1.40 bits per heavy atom. The van der Waals surface area contributed by atoms with Crippen LogP contribution in [0.2, 0.25) is 0 Å². The number of rotatable bonds is 5. The lowest BCUT2D eigenvalue weighted by Crippen LogP contribution is -2.10. The molecule has 1 unspecified atom stereocenters. The van der Waals surface area contributed by atoms with Crippen LogP contribution in [0.25, 0.3) is 0 Å². The van der Waals surface area contributed by atoms with E-state index in [1.54, 1.807) is 12.1 Å². The van der Waals surface area contributed by atoms with Gasteiger partial charge in [0, 0.05) is 0 Å². The molecule has 1 aromatic carbocycles. The predicted octanol–water partition coefficient (Wildman–Crippen LogP) is 3.09. The molecule has 0 aliphatic heterocycles. The molecule has 0 aliphatic rings. The van der Waals surface area contributed by atoms with Crippen LogP contribution in [-0.4, -0.2) is 11.2 Å². The molecule has 1 nitrogen and oxygen atoms in total. The number of allylic oxidation sites excluding steroid dienone is 1. The van der Waals surface area contributed by atoms with Crippen LogP contribution in [0.3, 0.4) is 0 Å². The molecule has 0 aliphatic carbocycles. The van der Waals surface area contributed by atoms with Gasteiger partial charge >= 0.3 is 0 Å². The normalized spacial score (nSPS) is 12.5. The first-order valence-corrected chi connectivity index (χ1v) is 5.15. The van der Waals surface area contributed by atoms with Crippen molar-refractivity contribution < 1.29 is 9.50 Å². The lowest BCUT2D eigenvalue weighted by atomic mass is 10.0. The Bertz CT molecular complexity index is 316. The highest BCUT2D eigenvalue weighted by Crippen LogP contribution is 2.11. The van der Waals surface area contributed by atoms with Gasteiger partial charge in [0.2, 0.25) is 0 Å². The van der Waals surface area contributed by atoms with E-state index in [2.05, 4.69) is 6.58 Å². The molecule has 1 rings (SSSR count). The largest absolute Gasteiger partial charge is 0.393 e. The minimum Gasteiger partial charge on any atom is -0.393 e. The molecule has 82 valence electrons. The number of aliphatic hydroxyl groups excluding tert-OH is 1. The summed E-state index contributed by atoms with van der Waals surface area (Å²) < 4.78 is 12.6. The molecule has 1 N–H and O–H groups in total.